The lowest BCUT2D eigenvalue weighted by Gasteiger charge is -2.28. The average molecular weight is 388 g/mol. The van der Waals surface area contributed by atoms with Crippen LogP contribution < -0.4 is 10.6 Å². The van der Waals surface area contributed by atoms with Crippen LogP contribution in [0.3, 0.4) is 0 Å². The summed E-state index contributed by atoms with van der Waals surface area (Å²) >= 11 is 3.75. The molecule has 3 rings (SSSR count). The summed E-state index contributed by atoms with van der Waals surface area (Å²) in [6, 6.07) is 18.1. The largest absolute Gasteiger partial charge is 0.463 e. The molecule has 0 spiro atoms. The molecule has 0 N–H and O–H groups in total. The minimum Gasteiger partial charge on any atom is -0.463 e. The molecule has 2 aromatic carbocycles. The summed E-state index contributed by atoms with van der Waals surface area (Å²) in [5.41, 5.74) is 0.446. The second-order valence-electron chi connectivity index (χ2n) is 5.56. The predicted molar refractivity (Wildman–Crippen MR) is 95.1 cm³/mol. The van der Waals surface area contributed by atoms with Crippen molar-refractivity contribution in [3.8, 4) is 0 Å². The molecule has 0 aromatic heterocycles. The van der Waals surface area contributed by atoms with Gasteiger partial charge in [-0.2, -0.15) is 0 Å². The van der Waals surface area contributed by atoms with E-state index in [9.17, 15) is 4.79 Å². The first kappa shape index (κ1) is 16.9. The van der Waals surface area contributed by atoms with Crippen LogP contribution in [0.25, 0.3) is 4.48 Å². The maximum atomic E-state index is 10.8. The molecule has 1 atom stereocenters. The zero-order valence-corrected chi connectivity index (χ0v) is 15.0. The lowest BCUT2D eigenvalue weighted by Crippen LogP contribution is -2.30. The van der Waals surface area contributed by atoms with E-state index in [0.29, 0.717) is 13.2 Å². The Kier molecular flexibility index (Phi) is 5.11. The van der Waals surface area contributed by atoms with Crippen molar-refractivity contribution in [2.24, 2.45) is 4.99 Å². The fourth-order valence-corrected chi connectivity index (χ4v) is 3.55. The van der Waals surface area contributed by atoms with Gasteiger partial charge in [0, 0.05) is 16.6 Å². The van der Waals surface area contributed by atoms with E-state index in [2.05, 4.69) is 15.9 Å². The van der Waals surface area contributed by atoms with Gasteiger partial charge in [-0.25, -0.2) is 0 Å². The van der Waals surface area contributed by atoms with Crippen molar-refractivity contribution in [3.05, 3.63) is 70.7 Å². The summed E-state index contributed by atoms with van der Waals surface area (Å²) in [6.45, 7) is 2.33. The lowest BCUT2D eigenvalue weighted by atomic mass is 9.91. The SMILES string of the molecule is CC(=O)OCCOCC1(c2ccccc2)N=c2ccccc2=C1Br. The fraction of sp³-hybridized carbons (Fsp3) is 0.263. The first-order valence-corrected chi connectivity index (χ1v) is 8.55. The molecular weight excluding hydrogens is 370 g/mol. The zero-order valence-electron chi connectivity index (χ0n) is 13.4. The van der Waals surface area contributed by atoms with Crippen molar-refractivity contribution in [3.63, 3.8) is 0 Å². The first-order chi connectivity index (χ1) is 11.6. The highest BCUT2D eigenvalue weighted by molar-refractivity contribution is 9.15. The molecule has 0 bridgehead atoms. The van der Waals surface area contributed by atoms with Crippen LogP contribution >= 0.6 is 15.9 Å². The Morgan fingerprint density at radius 2 is 1.79 bits per heavy atom. The highest BCUT2D eigenvalue weighted by Gasteiger charge is 2.38. The molecular formula is C19H18BrNO3. The Labute approximate surface area is 148 Å². The van der Waals surface area contributed by atoms with Gasteiger partial charge in [-0.05, 0) is 11.6 Å². The van der Waals surface area contributed by atoms with E-state index in [1.54, 1.807) is 0 Å². The maximum Gasteiger partial charge on any atom is 0.302 e. The molecule has 0 aliphatic carbocycles. The van der Waals surface area contributed by atoms with Crippen LogP contribution in [0.15, 0.2) is 59.6 Å². The van der Waals surface area contributed by atoms with Crippen molar-refractivity contribution in [2.75, 3.05) is 19.8 Å². The number of ether oxygens (including phenoxy) is 2. The molecule has 24 heavy (non-hydrogen) atoms. The van der Waals surface area contributed by atoms with Crippen LogP contribution in [0.2, 0.25) is 0 Å². The van der Waals surface area contributed by atoms with Crippen LogP contribution in [0.5, 0.6) is 0 Å². The number of benzene rings is 2. The molecule has 1 heterocycles. The zero-order chi connectivity index (χ0) is 17.0. The van der Waals surface area contributed by atoms with E-state index >= 15 is 0 Å². The van der Waals surface area contributed by atoms with Crippen LogP contribution in [-0.2, 0) is 19.8 Å². The van der Waals surface area contributed by atoms with Gasteiger partial charge in [-0.1, -0.05) is 64.5 Å². The monoisotopic (exact) mass is 387 g/mol. The first-order valence-electron chi connectivity index (χ1n) is 7.75. The van der Waals surface area contributed by atoms with E-state index in [0.717, 1.165) is 20.6 Å². The number of halogens is 1. The summed E-state index contributed by atoms with van der Waals surface area (Å²) < 4.78 is 11.7. The molecule has 4 nitrogen and oxygen atoms in total. The van der Waals surface area contributed by atoms with E-state index in [-0.39, 0.29) is 12.6 Å². The van der Waals surface area contributed by atoms with Crippen molar-refractivity contribution in [1.29, 1.82) is 0 Å². The van der Waals surface area contributed by atoms with E-state index < -0.39 is 5.54 Å². The van der Waals surface area contributed by atoms with Gasteiger partial charge in [-0.15, -0.1) is 0 Å². The molecule has 1 aliphatic heterocycles. The maximum absolute atomic E-state index is 10.8. The average Bonchev–Trinajstić information content (AvgIpc) is 2.89. The number of esters is 1. The van der Waals surface area contributed by atoms with Crippen molar-refractivity contribution >= 4 is 26.4 Å². The normalized spacial score (nSPS) is 18.8. The quantitative estimate of drug-likeness (QED) is 0.564. The Hall–Kier alpha value is -1.98. The van der Waals surface area contributed by atoms with Gasteiger partial charge in [0.25, 0.3) is 0 Å². The number of carbonyl (C=O) groups excluding carboxylic acids is 1. The number of rotatable bonds is 6. The minimum absolute atomic E-state index is 0.241. The van der Waals surface area contributed by atoms with Gasteiger partial charge in [0.2, 0.25) is 0 Å². The van der Waals surface area contributed by atoms with E-state index in [1.165, 1.54) is 6.92 Å². The predicted octanol–water partition coefficient (Wildman–Crippen LogP) is 2.30. The van der Waals surface area contributed by atoms with Gasteiger partial charge in [-0.3, -0.25) is 9.79 Å². The summed E-state index contributed by atoms with van der Waals surface area (Å²) in [7, 11) is 0. The number of nitrogens with zero attached hydrogens (tertiary/aromatic N) is 1. The van der Waals surface area contributed by atoms with Crippen LogP contribution in [0, 0.1) is 0 Å². The minimum atomic E-state index is -0.610. The molecule has 1 unspecified atom stereocenters. The van der Waals surface area contributed by atoms with Crippen molar-refractivity contribution in [1.82, 2.24) is 0 Å². The van der Waals surface area contributed by atoms with Crippen LogP contribution in [0.1, 0.15) is 12.5 Å². The number of para-hydroxylation sites is 1. The second kappa shape index (κ2) is 7.28. The summed E-state index contributed by atoms with van der Waals surface area (Å²) in [5, 5.41) is 2.02. The number of hydrogen-bond acceptors (Lipinski definition) is 4. The van der Waals surface area contributed by atoms with E-state index in [4.69, 9.17) is 14.5 Å². The molecule has 0 fully saturated rings. The standard InChI is InChI=1S/C19H18BrNO3/c1-14(22)24-12-11-23-13-19(15-7-3-2-4-8-15)18(20)16-9-5-6-10-17(16)21-19/h2-10H,11-13H2,1H3. The van der Waals surface area contributed by atoms with Gasteiger partial charge in [0.1, 0.15) is 12.1 Å². The van der Waals surface area contributed by atoms with Crippen LogP contribution in [-0.4, -0.2) is 25.8 Å². The molecule has 0 saturated heterocycles. The third-order valence-corrected chi connectivity index (χ3v) is 4.99. The van der Waals surface area contributed by atoms with Gasteiger partial charge >= 0.3 is 5.97 Å². The molecule has 0 saturated carbocycles. The molecule has 1 aliphatic rings. The third kappa shape index (κ3) is 3.28. The number of fused-ring (bicyclic) bond motifs is 1. The molecule has 2 aromatic rings. The molecule has 0 amide bonds. The third-order valence-electron chi connectivity index (χ3n) is 3.91. The Balaban J connectivity index is 1.90. The molecule has 0 radical (unpaired) electrons. The Morgan fingerprint density at radius 3 is 2.50 bits per heavy atom. The summed E-state index contributed by atoms with van der Waals surface area (Å²) in [6.07, 6.45) is 0. The summed E-state index contributed by atoms with van der Waals surface area (Å²) in [5.74, 6) is -0.304. The smallest absolute Gasteiger partial charge is 0.302 e. The van der Waals surface area contributed by atoms with Crippen molar-refractivity contribution < 1.29 is 14.3 Å². The summed E-state index contributed by atoms with van der Waals surface area (Å²) in [4.78, 5) is 15.8. The fourth-order valence-electron chi connectivity index (χ4n) is 2.78. The van der Waals surface area contributed by atoms with Crippen LogP contribution in [0.4, 0.5) is 0 Å². The highest BCUT2D eigenvalue weighted by atomic mass is 79.9. The van der Waals surface area contributed by atoms with Gasteiger partial charge in [0.05, 0.1) is 18.6 Å². The van der Waals surface area contributed by atoms with Gasteiger partial charge in [0.15, 0.2) is 0 Å². The molecule has 5 heteroatoms. The Bertz CT molecular complexity index is 850. The highest BCUT2D eigenvalue weighted by Crippen LogP contribution is 2.39. The Morgan fingerprint density at radius 1 is 1.08 bits per heavy atom. The second-order valence-corrected chi connectivity index (χ2v) is 6.35. The lowest BCUT2D eigenvalue weighted by molar-refractivity contribution is -0.142. The van der Waals surface area contributed by atoms with Gasteiger partial charge < -0.3 is 9.47 Å². The number of hydrogen-bond donors (Lipinski definition) is 0. The van der Waals surface area contributed by atoms with Crippen molar-refractivity contribution in [2.45, 2.75) is 12.5 Å². The van der Waals surface area contributed by atoms with E-state index in [1.807, 2.05) is 54.6 Å². The molecule has 124 valence electrons. The number of carbonyl (C=O) groups is 1. The topological polar surface area (TPSA) is 47.9 Å².